The van der Waals surface area contributed by atoms with E-state index in [9.17, 15) is 0 Å². The van der Waals surface area contributed by atoms with Gasteiger partial charge in [0.1, 0.15) is 0 Å². The van der Waals surface area contributed by atoms with E-state index in [0.717, 1.165) is 59.0 Å². The average Bonchev–Trinajstić information content (AvgIpc) is 2.45. The van der Waals surface area contributed by atoms with Crippen molar-refractivity contribution in [2.45, 2.75) is 0 Å². The topological polar surface area (TPSA) is 23.3 Å². The van der Waals surface area contributed by atoms with Crippen LogP contribution in [0.4, 0.5) is 0 Å². The van der Waals surface area contributed by atoms with Crippen LogP contribution in [-0.2, 0) is 4.74 Å². The highest BCUT2D eigenvalue weighted by atomic mass is 16.5. The third-order valence-electron chi connectivity index (χ3n) is 3.83. The lowest BCUT2D eigenvalue weighted by Crippen LogP contribution is -2.49. The Labute approximate surface area is 110 Å². The number of nitrogens with zero attached hydrogens (tertiary/aromatic N) is 4. The monoisotopic (exact) mass is 252 g/mol. The van der Waals surface area contributed by atoms with Crippen molar-refractivity contribution in [1.29, 1.82) is 0 Å². The van der Waals surface area contributed by atoms with Crippen LogP contribution in [0.25, 0.3) is 4.85 Å². The Morgan fingerprint density at radius 1 is 0.778 bits per heavy atom. The van der Waals surface area contributed by atoms with E-state index >= 15 is 0 Å². The largest absolute Gasteiger partial charge is 0.379 e. The van der Waals surface area contributed by atoms with E-state index in [4.69, 9.17) is 11.3 Å². The van der Waals surface area contributed by atoms with Crippen molar-refractivity contribution in [3.05, 3.63) is 11.4 Å². The number of morpholine rings is 1. The minimum Gasteiger partial charge on any atom is -0.379 e. The molecule has 2 aliphatic rings. The first-order valence-corrected chi connectivity index (χ1v) is 6.96. The van der Waals surface area contributed by atoms with E-state index in [1.54, 1.807) is 0 Å². The fourth-order valence-corrected chi connectivity index (χ4v) is 2.54. The quantitative estimate of drug-likeness (QED) is 0.635. The van der Waals surface area contributed by atoms with Crippen molar-refractivity contribution >= 4 is 0 Å². The van der Waals surface area contributed by atoms with Crippen LogP contribution in [0.1, 0.15) is 0 Å². The number of rotatable bonds is 5. The highest BCUT2D eigenvalue weighted by Gasteiger charge is 2.18. The molecule has 102 valence electrons. The van der Waals surface area contributed by atoms with Gasteiger partial charge in [0, 0.05) is 52.4 Å². The second-order valence-electron chi connectivity index (χ2n) is 5.02. The van der Waals surface area contributed by atoms with Crippen LogP contribution in [0.15, 0.2) is 0 Å². The van der Waals surface area contributed by atoms with Crippen LogP contribution in [-0.4, -0.2) is 93.4 Å². The fraction of sp³-hybridized carbons (Fsp3) is 0.923. The smallest absolute Gasteiger partial charge is 0.227 e. The molecule has 0 unspecified atom stereocenters. The number of hydrogen-bond acceptors (Lipinski definition) is 4. The SMILES string of the molecule is [C-]#[N+]CCN1CCN(CCN2CCOCC2)CC1. The molecule has 0 aliphatic carbocycles. The fourth-order valence-electron chi connectivity index (χ4n) is 2.54. The zero-order chi connectivity index (χ0) is 12.6. The molecule has 0 amide bonds. The third-order valence-corrected chi connectivity index (χ3v) is 3.83. The molecule has 2 rings (SSSR count). The molecule has 18 heavy (non-hydrogen) atoms. The molecular formula is C13H24N4O. The molecule has 0 aromatic rings. The highest BCUT2D eigenvalue weighted by molar-refractivity contribution is 4.75. The van der Waals surface area contributed by atoms with E-state index < -0.39 is 0 Å². The van der Waals surface area contributed by atoms with E-state index in [1.807, 2.05) is 0 Å². The molecule has 0 radical (unpaired) electrons. The lowest BCUT2D eigenvalue weighted by atomic mass is 10.3. The number of ether oxygens (including phenoxy) is 1. The second kappa shape index (κ2) is 7.70. The van der Waals surface area contributed by atoms with Crippen molar-refractivity contribution in [2.24, 2.45) is 0 Å². The van der Waals surface area contributed by atoms with Gasteiger partial charge in [0.15, 0.2) is 0 Å². The van der Waals surface area contributed by atoms with Crippen molar-refractivity contribution in [3.8, 4) is 0 Å². The Hall–Kier alpha value is -0.670. The number of piperazine rings is 1. The van der Waals surface area contributed by atoms with Gasteiger partial charge in [-0.05, 0) is 0 Å². The minimum absolute atomic E-state index is 0.647. The first-order chi connectivity index (χ1) is 8.88. The first kappa shape index (κ1) is 13.8. The van der Waals surface area contributed by atoms with Gasteiger partial charge in [0.25, 0.3) is 0 Å². The van der Waals surface area contributed by atoms with E-state index in [2.05, 4.69) is 19.5 Å². The zero-order valence-electron chi connectivity index (χ0n) is 11.2. The van der Waals surface area contributed by atoms with Crippen LogP contribution in [0.2, 0.25) is 0 Å². The Morgan fingerprint density at radius 3 is 1.83 bits per heavy atom. The average molecular weight is 252 g/mol. The van der Waals surface area contributed by atoms with Crippen LogP contribution in [0.5, 0.6) is 0 Å². The Kier molecular flexibility index (Phi) is 5.88. The summed E-state index contributed by atoms with van der Waals surface area (Å²) in [5, 5.41) is 0. The predicted molar refractivity (Wildman–Crippen MR) is 71.6 cm³/mol. The van der Waals surface area contributed by atoms with Crippen molar-refractivity contribution < 1.29 is 4.74 Å². The highest BCUT2D eigenvalue weighted by Crippen LogP contribution is 2.03. The van der Waals surface area contributed by atoms with Gasteiger partial charge in [0.2, 0.25) is 6.54 Å². The molecule has 2 saturated heterocycles. The second-order valence-corrected chi connectivity index (χ2v) is 5.02. The summed E-state index contributed by atoms with van der Waals surface area (Å²) in [4.78, 5) is 10.9. The maximum atomic E-state index is 6.81. The van der Waals surface area contributed by atoms with Crippen LogP contribution < -0.4 is 0 Å². The Morgan fingerprint density at radius 2 is 1.28 bits per heavy atom. The lowest BCUT2D eigenvalue weighted by Gasteiger charge is -2.35. The summed E-state index contributed by atoms with van der Waals surface area (Å²) >= 11 is 0. The van der Waals surface area contributed by atoms with Crippen molar-refractivity contribution in [2.75, 3.05) is 78.7 Å². The normalized spacial score (nSPS) is 23.9. The van der Waals surface area contributed by atoms with Gasteiger partial charge in [-0.2, -0.15) is 0 Å². The zero-order valence-corrected chi connectivity index (χ0v) is 11.2. The molecule has 0 bridgehead atoms. The van der Waals surface area contributed by atoms with Crippen molar-refractivity contribution in [1.82, 2.24) is 14.7 Å². The molecule has 0 N–H and O–H groups in total. The summed E-state index contributed by atoms with van der Waals surface area (Å²) in [5.74, 6) is 0. The van der Waals surface area contributed by atoms with Gasteiger partial charge in [-0.15, -0.1) is 0 Å². The molecule has 0 aromatic carbocycles. The van der Waals surface area contributed by atoms with E-state index in [-0.39, 0.29) is 0 Å². The van der Waals surface area contributed by atoms with Crippen molar-refractivity contribution in [3.63, 3.8) is 0 Å². The van der Waals surface area contributed by atoms with Gasteiger partial charge in [-0.1, -0.05) is 0 Å². The molecule has 0 aromatic heterocycles. The maximum absolute atomic E-state index is 6.81. The minimum atomic E-state index is 0.647. The third kappa shape index (κ3) is 4.54. The van der Waals surface area contributed by atoms with Gasteiger partial charge in [-0.25, -0.2) is 6.57 Å². The Balaban J connectivity index is 1.57. The first-order valence-electron chi connectivity index (χ1n) is 6.96. The standard InChI is InChI=1S/C13H24N4O/c1-14-2-3-15-4-6-16(7-5-15)8-9-17-10-12-18-13-11-17/h2-13H2. The molecule has 0 atom stereocenters. The van der Waals surface area contributed by atoms with E-state index in [0.29, 0.717) is 6.54 Å². The molecule has 0 saturated carbocycles. The van der Waals surface area contributed by atoms with Crippen LogP contribution in [0.3, 0.4) is 0 Å². The van der Waals surface area contributed by atoms with Gasteiger partial charge < -0.3 is 9.58 Å². The summed E-state index contributed by atoms with van der Waals surface area (Å²) in [5.41, 5.74) is 0. The summed E-state index contributed by atoms with van der Waals surface area (Å²) in [6, 6.07) is 0. The Bertz CT molecular complexity index is 265. The molecule has 2 fully saturated rings. The van der Waals surface area contributed by atoms with Crippen LogP contribution >= 0.6 is 0 Å². The predicted octanol–water partition coefficient (Wildman–Crippen LogP) is -0.145. The molecule has 2 heterocycles. The molecule has 2 aliphatic heterocycles. The molecule has 5 nitrogen and oxygen atoms in total. The van der Waals surface area contributed by atoms with E-state index in [1.165, 1.54) is 13.1 Å². The molecular weight excluding hydrogens is 228 g/mol. The van der Waals surface area contributed by atoms with Gasteiger partial charge >= 0.3 is 0 Å². The lowest BCUT2D eigenvalue weighted by molar-refractivity contribution is 0.0301. The van der Waals surface area contributed by atoms with Crippen LogP contribution in [0, 0.1) is 6.57 Å². The van der Waals surface area contributed by atoms with Gasteiger partial charge in [0.05, 0.1) is 19.8 Å². The summed E-state index contributed by atoms with van der Waals surface area (Å²) < 4.78 is 5.36. The molecule has 0 spiro atoms. The maximum Gasteiger partial charge on any atom is 0.227 e. The summed E-state index contributed by atoms with van der Waals surface area (Å²) in [6.45, 7) is 19.3. The molecule has 5 heteroatoms. The van der Waals surface area contributed by atoms with Gasteiger partial charge in [-0.3, -0.25) is 14.7 Å². The summed E-state index contributed by atoms with van der Waals surface area (Å²) in [6.07, 6.45) is 0. The summed E-state index contributed by atoms with van der Waals surface area (Å²) in [7, 11) is 0. The number of hydrogen-bond donors (Lipinski definition) is 0.